The van der Waals surface area contributed by atoms with Crippen molar-refractivity contribution in [2.75, 3.05) is 0 Å². The number of carbonyl (C=O) groups is 2. The lowest BCUT2D eigenvalue weighted by Gasteiger charge is -2.15. The summed E-state index contributed by atoms with van der Waals surface area (Å²) in [6, 6.07) is 14.9. The molecule has 23 heavy (non-hydrogen) atoms. The van der Waals surface area contributed by atoms with Crippen LogP contribution in [0.15, 0.2) is 54.6 Å². The van der Waals surface area contributed by atoms with Crippen LogP contribution in [0, 0.1) is 0 Å². The molecule has 120 valence electrons. The number of nitrogens with one attached hydrogen (secondary N) is 1. The van der Waals surface area contributed by atoms with Crippen LogP contribution >= 0.6 is 11.6 Å². The van der Waals surface area contributed by atoms with Gasteiger partial charge in [-0.1, -0.05) is 54.1 Å². The summed E-state index contributed by atoms with van der Waals surface area (Å²) in [6.07, 6.45) is -0.653. The fraction of sp³-hybridized carbons (Fsp3) is 0.176. The van der Waals surface area contributed by atoms with Gasteiger partial charge in [-0.3, -0.25) is 0 Å². The molecule has 0 radical (unpaired) electrons. The number of alkyl carbamates (subject to hydrolysis) is 1. The molecule has 5 nitrogen and oxygen atoms in total. The molecule has 0 bridgehead atoms. The van der Waals surface area contributed by atoms with Crippen molar-refractivity contribution in [2.45, 2.75) is 19.1 Å². The summed E-state index contributed by atoms with van der Waals surface area (Å²) in [5.41, 5.74) is 1.54. The minimum atomic E-state index is -1.14. The maximum absolute atomic E-state index is 11.8. The Morgan fingerprint density at radius 2 is 1.78 bits per heavy atom. The SMILES string of the molecule is O=C(NC(Cc1cccc(Cl)c1)C(=O)O)OCc1ccccc1. The first kappa shape index (κ1) is 16.8. The molecule has 0 fully saturated rings. The molecule has 0 aliphatic rings. The number of ether oxygens (including phenoxy) is 1. The van der Waals surface area contributed by atoms with E-state index in [1.807, 2.05) is 30.3 Å². The molecule has 0 spiro atoms. The van der Waals surface area contributed by atoms with Crippen LogP contribution in [-0.4, -0.2) is 23.2 Å². The highest BCUT2D eigenvalue weighted by Crippen LogP contribution is 2.12. The second kappa shape index (κ2) is 8.19. The van der Waals surface area contributed by atoms with Crippen molar-refractivity contribution < 1.29 is 19.4 Å². The molecule has 2 aromatic rings. The molecule has 2 aromatic carbocycles. The Kier molecular flexibility index (Phi) is 6.00. The van der Waals surface area contributed by atoms with E-state index < -0.39 is 18.1 Å². The number of hydrogen-bond acceptors (Lipinski definition) is 3. The number of amides is 1. The second-order valence-corrected chi connectivity index (χ2v) is 5.37. The van der Waals surface area contributed by atoms with E-state index in [2.05, 4.69) is 5.32 Å². The third-order valence-corrected chi connectivity index (χ3v) is 3.37. The molecule has 1 amide bonds. The van der Waals surface area contributed by atoms with Crippen molar-refractivity contribution in [2.24, 2.45) is 0 Å². The highest BCUT2D eigenvalue weighted by Gasteiger charge is 2.21. The number of benzene rings is 2. The zero-order chi connectivity index (χ0) is 16.7. The monoisotopic (exact) mass is 333 g/mol. The molecular formula is C17H16ClNO4. The van der Waals surface area contributed by atoms with Crippen LogP contribution in [0.4, 0.5) is 4.79 Å². The molecular weight excluding hydrogens is 318 g/mol. The van der Waals surface area contributed by atoms with Crippen LogP contribution < -0.4 is 5.32 Å². The molecule has 1 unspecified atom stereocenters. The summed E-state index contributed by atoms with van der Waals surface area (Å²) in [5, 5.41) is 12.1. The van der Waals surface area contributed by atoms with Gasteiger partial charge in [0.2, 0.25) is 0 Å². The minimum absolute atomic E-state index is 0.0795. The van der Waals surface area contributed by atoms with Gasteiger partial charge in [-0.2, -0.15) is 0 Å². The van der Waals surface area contributed by atoms with Crippen LogP contribution in [0.5, 0.6) is 0 Å². The van der Waals surface area contributed by atoms with Gasteiger partial charge in [0.05, 0.1) is 0 Å². The first-order valence-corrected chi connectivity index (χ1v) is 7.37. The summed E-state index contributed by atoms with van der Waals surface area (Å²) >= 11 is 5.87. The second-order valence-electron chi connectivity index (χ2n) is 4.93. The highest BCUT2D eigenvalue weighted by molar-refractivity contribution is 6.30. The lowest BCUT2D eigenvalue weighted by molar-refractivity contribution is -0.139. The zero-order valence-corrected chi connectivity index (χ0v) is 13.0. The van der Waals surface area contributed by atoms with Crippen molar-refractivity contribution in [1.29, 1.82) is 0 Å². The molecule has 0 heterocycles. The fourth-order valence-electron chi connectivity index (χ4n) is 2.01. The van der Waals surface area contributed by atoms with E-state index in [-0.39, 0.29) is 13.0 Å². The maximum atomic E-state index is 11.8. The van der Waals surface area contributed by atoms with Crippen LogP contribution in [0.2, 0.25) is 5.02 Å². The van der Waals surface area contributed by atoms with Crippen molar-refractivity contribution in [3.8, 4) is 0 Å². The first-order valence-electron chi connectivity index (χ1n) is 6.99. The molecule has 1 atom stereocenters. The number of carboxylic acids is 1. The standard InChI is InChI=1S/C17H16ClNO4/c18-14-8-4-7-13(9-14)10-15(16(20)21)19-17(22)23-11-12-5-2-1-3-6-12/h1-9,15H,10-11H2,(H,19,22)(H,20,21). The number of halogens is 1. The topological polar surface area (TPSA) is 75.6 Å². The lowest BCUT2D eigenvalue weighted by atomic mass is 10.1. The van der Waals surface area contributed by atoms with E-state index in [0.29, 0.717) is 10.6 Å². The van der Waals surface area contributed by atoms with E-state index in [0.717, 1.165) is 5.56 Å². The van der Waals surface area contributed by atoms with E-state index >= 15 is 0 Å². The number of rotatable bonds is 6. The molecule has 0 aliphatic carbocycles. The van der Waals surface area contributed by atoms with Gasteiger partial charge in [-0.25, -0.2) is 9.59 Å². The molecule has 0 saturated heterocycles. The van der Waals surface area contributed by atoms with Gasteiger partial charge < -0.3 is 15.2 Å². The molecule has 6 heteroatoms. The van der Waals surface area contributed by atoms with Crippen LogP contribution in [0.25, 0.3) is 0 Å². The van der Waals surface area contributed by atoms with Crippen molar-refractivity contribution in [3.63, 3.8) is 0 Å². The lowest BCUT2D eigenvalue weighted by Crippen LogP contribution is -2.42. The number of hydrogen-bond donors (Lipinski definition) is 2. The number of aliphatic carboxylic acids is 1. The van der Waals surface area contributed by atoms with Gasteiger partial charge in [0, 0.05) is 11.4 Å². The summed E-state index contributed by atoms with van der Waals surface area (Å²) in [7, 11) is 0. The van der Waals surface area contributed by atoms with Crippen LogP contribution in [-0.2, 0) is 22.6 Å². The number of carboxylic acid groups (broad SMARTS) is 1. The smallest absolute Gasteiger partial charge is 0.408 e. The Balaban J connectivity index is 1.91. The zero-order valence-electron chi connectivity index (χ0n) is 12.2. The van der Waals surface area contributed by atoms with E-state index in [9.17, 15) is 14.7 Å². The predicted molar refractivity (Wildman–Crippen MR) is 86.3 cm³/mol. The highest BCUT2D eigenvalue weighted by atomic mass is 35.5. The van der Waals surface area contributed by atoms with E-state index in [1.54, 1.807) is 24.3 Å². The van der Waals surface area contributed by atoms with Gasteiger partial charge in [0.25, 0.3) is 0 Å². The minimum Gasteiger partial charge on any atom is -0.480 e. The average molecular weight is 334 g/mol. The van der Waals surface area contributed by atoms with Gasteiger partial charge in [0.1, 0.15) is 12.6 Å². The summed E-state index contributed by atoms with van der Waals surface area (Å²) in [6.45, 7) is 0.0795. The quantitative estimate of drug-likeness (QED) is 0.850. The fourth-order valence-corrected chi connectivity index (χ4v) is 2.22. The Bertz CT molecular complexity index is 675. The summed E-state index contributed by atoms with van der Waals surface area (Å²) in [4.78, 5) is 23.1. The Morgan fingerprint density at radius 3 is 2.43 bits per heavy atom. The molecule has 0 saturated carbocycles. The first-order chi connectivity index (χ1) is 11.0. The van der Waals surface area contributed by atoms with Gasteiger partial charge in [-0.15, -0.1) is 0 Å². The van der Waals surface area contributed by atoms with Crippen molar-refractivity contribution in [3.05, 3.63) is 70.7 Å². The molecule has 2 N–H and O–H groups in total. The summed E-state index contributed by atoms with van der Waals surface area (Å²) in [5.74, 6) is -1.14. The average Bonchev–Trinajstić information content (AvgIpc) is 2.53. The van der Waals surface area contributed by atoms with Gasteiger partial charge in [0.15, 0.2) is 0 Å². The van der Waals surface area contributed by atoms with Crippen LogP contribution in [0.1, 0.15) is 11.1 Å². The molecule has 0 aliphatic heterocycles. The van der Waals surface area contributed by atoms with Crippen molar-refractivity contribution >= 4 is 23.7 Å². The molecule has 2 rings (SSSR count). The van der Waals surface area contributed by atoms with Gasteiger partial charge >= 0.3 is 12.1 Å². The Labute approximate surface area is 138 Å². The molecule has 0 aromatic heterocycles. The largest absolute Gasteiger partial charge is 0.480 e. The van der Waals surface area contributed by atoms with E-state index in [4.69, 9.17) is 16.3 Å². The third kappa shape index (κ3) is 5.64. The van der Waals surface area contributed by atoms with Gasteiger partial charge in [-0.05, 0) is 23.3 Å². The maximum Gasteiger partial charge on any atom is 0.408 e. The Morgan fingerprint density at radius 1 is 1.09 bits per heavy atom. The predicted octanol–water partition coefficient (Wildman–Crippen LogP) is 3.26. The van der Waals surface area contributed by atoms with Crippen LogP contribution in [0.3, 0.4) is 0 Å². The van der Waals surface area contributed by atoms with E-state index in [1.165, 1.54) is 0 Å². The third-order valence-electron chi connectivity index (χ3n) is 3.13. The normalized spacial score (nSPS) is 11.5. The Hall–Kier alpha value is -2.53. The van der Waals surface area contributed by atoms with Crippen molar-refractivity contribution in [1.82, 2.24) is 5.32 Å². The summed E-state index contributed by atoms with van der Waals surface area (Å²) < 4.78 is 5.03. The number of carbonyl (C=O) groups excluding carboxylic acids is 1.